The molecule has 0 radical (unpaired) electrons. The molecule has 1 aromatic heterocycles. The standard InChI is InChI=1S/C15H21NO3S2/c1-9(14(18)19-15(2,3)4)16-13(17)12-7-10-8-20-6-5-11(10)21-12/h7,9H,5-6,8H2,1-4H3,(H,16,17)/t9-/m0/s1. The Balaban J connectivity index is 1.97. The van der Waals surface area contributed by atoms with Crippen LogP contribution in [0.1, 0.15) is 47.8 Å². The second kappa shape index (κ2) is 6.40. The van der Waals surface area contributed by atoms with E-state index in [1.165, 1.54) is 21.8 Å². The quantitative estimate of drug-likeness (QED) is 0.867. The van der Waals surface area contributed by atoms with E-state index in [-0.39, 0.29) is 5.91 Å². The number of carbonyl (C=O) groups excluding carboxylic acids is 2. The highest BCUT2D eigenvalue weighted by molar-refractivity contribution is 7.98. The molecule has 0 saturated heterocycles. The van der Waals surface area contributed by atoms with Crippen LogP contribution in [0, 0.1) is 0 Å². The number of thiophene rings is 1. The molecule has 0 aliphatic carbocycles. The van der Waals surface area contributed by atoms with Crippen LogP contribution in [0.4, 0.5) is 0 Å². The Morgan fingerprint density at radius 2 is 2.10 bits per heavy atom. The van der Waals surface area contributed by atoms with Gasteiger partial charge in [-0.05, 0) is 51.5 Å². The van der Waals surface area contributed by atoms with Gasteiger partial charge in [0.15, 0.2) is 0 Å². The summed E-state index contributed by atoms with van der Waals surface area (Å²) in [6.45, 7) is 7.08. The summed E-state index contributed by atoms with van der Waals surface area (Å²) in [7, 11) is 0. The molecule has 116 valence electrons. The zero-order valence-corrected chi connectivity index (χ0v) is 14.5. The number of thioether (sulfide) groups is 1. The van der Waals surface area contributed by atoms with E-state index in [1.54, 1.807) is 6.92 Å². The molecule has 1 aliphatic heterocycles. The van der Waals surface area contributed by atoms with Crippen molar-refractivity contribution in [3.05, 3.63) is 21.4 Å². The molecule has 0 unspecified atom stereocenters. The molecule has 1 atom stereocenters. The fraction of sp³-hybridized carbons (Fsp3) is 0.600. The van der Waals surface area contributed by atoms with Gasteiger partial charge in [-0.1, -0.05) is 0 Å². The van der Waals surface area contributed by atoms with Crippen molar-refractivity contribution in [3.63, 3.8) is 0 Å². The minimum Gasteiger partial charge on any atom is -0.458 e. The zero-order chi connectivity index (χ0) is 15.6. The van der Waals surface area contributed by atoms with Crippen molar-refractivity contribution in [3.8, 4) is 0 Å². The van der Waals surface area contributed by atoms with Crippen molar-refractivity contribution in [2.45, 2.75) is 51.5 Å². The first-order valence-electron chi connectivity index (χ1n) is 6.99. The molecule has 0 bridgehead atoms. The second-order valence-electron chi connectivity index (χ2n) is 6.09. The van der Waals surface area contributed by atoms with E-state index in [4.69, 9.17) is 4.74 Å². The molecule has 2 heterocycles. The van der Waals surface area contributed by atoms with Crippen molar-refractivity contribution in [1.82, 2.24) is 5.32 Å². The Bertz CT molecular complexity index is 522. The van der Waals surface area contributed by atoms with Crippen molar-refractivity contribution >= 4 is 35.0 Å². The number of fused-ring (bicyclic) bond motifs is 1. The maximum atomic E-state index is 12.2. The summed E-state index contributed by atoms with van der Waals surface area (Å²) >= 11 is 3.42. The van der Waals surface area contributed by atoms with Gasteiger partial charge in [-0.15, -0.1) is 11.3 Å². The van der Waals surface area contributed by atoms with E-state index in [9.17, 15) is 9.59 Å². The first-order valence-corrected chi connectivity index (χ1v) is 8.96. The number of rotatable bonds is 3. The lowest BCUT2D eigenvalue weighted by molar-refractivity contribution is -0.156. The fourth-order valence-electron chi connectivity index (χ4n) is 1.98. The first-order chi connectivity index (χ1) is 9.76. The maximum absolute atomic E-state index is 12.2. The Labute approximate surface area is 133 Å². The molecule has 21 heavy (non-hydrogen) atoms. The van der Waals surface area contributed by atoms with Gasteiger partial charge < -0.3 is 10.1 Å². The Hall–Kier alpha value is -1.01. The van der Waals surface area contributed by atoms with Gasteiger partial charge in [-0.2, -0.15) is 11.8 Å². The number of amides is 1. The largest absolute Gasteiger partial charge is 0.458 e. The molecule has 0 aromatic carbocycles. The minimum absolute atomic E-state index is 0.197. The first kappa shape index (κ1) is 16.4. The van der Waals surface area contributed by atoms with Crippen molar-refractivity contribution in [1.29, 1.82) is 0 Å². The molecule has 2 rings (SSSR count). The Morgan fingerprint density at radius 3 is 2.71 bits per heavy atom. The molecule has 1 aliphatic rings. The highest BCUT2D eigenvalue weighted by atomic mass is 32.2. The van der Waals surface area contributed by atoms with Crippen LogP contribution >= 0.6 is 23.1 Å². The van der Waals surface area contributed by atoms with Gasteiger partial charge in [0, 0.05) is 10.6 Å². The average Bonchev–Trinajstić information content (AvgIpc) is 2.80. The van der Waals surface area contributed by atoms with Crippen molar-refractivity contribution < 1.29 is 14.3 Å². The predicted molar refractivity (Wildman–Crippen MR) is 87.0 cm³/mol. The van der Waals surface area contributed by atoms with E-state index in [2.05, 4.69) is 5.32 Å². The molecule has 0 fully saturated rings. The normalized spacial score (nSPS) is 16.0. The monoisotopic (exact) mass is 327 g/mol. The van der Waals surface area contributed by atoms with Gasteiger partial charge in [-0.25, -0.2) is 4.79 Å². The average molecular weight is 327 g/mol. The summed E-state index contributed by atoms with van der Waals surface area (Å²) in [6, 6.07) is 1.30. The topological polar surface area (TPSA) is 55.4 Å². The van der Waals surface area contributed by atoms with Crippen LogP contribution in [0.25, 0.3) is 0 Å². The number of aryl methyl sites for hydroxylation is 1. The SMILES string of the molecule is C[C@H](NC(=O)c1cc2c(s1)CCSC2)C(=O)OC(C)(C)C. The molecule has 0 spiro atoms. The minimum atomic E-state index is -0.648. The lowest BCUT2D eigenvalue weighted by atomic mass is 10.2. The van der Waals surface area contributed by atoms with E-state index in [0.717, 1.165) is 17.9 Å². The third kappa shape index (κ3) is 4.48. The van der Waals surface area contributed by atoms with E-state index >= 15 is 0 Å². The smallest absolute Gasteiger partial charge is 0.328 e. The summed E-state index contributed by atoms with van der Waals surface area (Å²) in [5.41, 5.74) is 0.710. The predicted octanol–water partition coefficient (Wildman–Crippen LogP) is 3.00. The molecule has 1 N–H and O–H groups in total. The number of esters is 1. The van der Waals surface area contributed by atoms with E-state index in [1.807, 2.05) is 38.6 Å². The van der Waals surface area contributed by atoms with Crippen LogP contribution in [-0.4, -0.2) is 29.3 Å². The van der Waals surface area contributed by atoms with Gasteiger partial charge >= 0.3 is 5.97 Å². The summed E-state index contributed by atoms with van der Waals surface area (Å²) in [5, 5.41) is 2.72. The fourth-order valence-corrected chi connectivity index (χ4v) is 4.25. The number of hydrogen-bond acceptors (Lipinski definition) is 5. The molecular formula is C15H21NO3S2. The van der Waals surface area contributed by atoms with Gasteiger partial charge in [0.05, 0.1) is 4.88 Å². The van der Waals surface area contributed by atoms with Gasteiger partial charge in [0.2, 0.25) is 0 Å². The molecule has 0 saturated carbocycles. The van der Waals surface area contributed by atoms with Gasteiger partial charge in [0.1, 0.15) is 11.6 Å². The summed E-state index contributed by atoms with van der Waals surface area (Å²) in [4.78, 5) is 26.1. The highest BCUT2D eigenvalue weighted by Gasteiger charge is 2.24. The van der Waals surface area contributed by atoms with E-state index < -0.39 is 17.6 Å². The second-order valence-corrected chi connectivity index (χ2v) is 8.33. The van der Waals surface area contributed by atoms with Crippen LogP contribution in [0.2, 0.25) is 0 Å². The lowest BCUT2D eigenvalue weighted by Crippen LogP contribution is -2.42. The maximum Gasteiger partial charge on any atom is 0.328 e. The third-order valence-corrected chi connectivity index (χ3v) is 5.20. The lowest BCUT2D eigenvalue weighted by Gasteiger charge is -2.22. The number of ether oxygens (including phenoxy) is 1. The zero-order valence-electron chi connectivity index (χ0n) is 12.8. The van der Waals surface area contributed by atoms with Crippen LogP contribution in [0.15, 0.2) is 6.07 Å². The number of nitrogens with one attached hydrogen (secondary N) is 1. The molecular weight excluding hydrogens is 306 g/mol. The Morgan fingerprint density at radius 1 is 1.38 bits per heavy atom. The van der Waals surface area contributed by atoms with Crippen LogP contribution < -0.4 is 5.32 Å². The van der Waals surface area contributed by atoms with Crippen LogP contribution in [0.3, 0.4) is 0 Å². The van der Waals surface area contributed by atoms with Crippen LogP contribution in [0.5, 0.6) is 0 Å². The Kier molecular flexibility index (Phi) is 4.99. The molecule has 4 nitrogen and oxygen atoms in total. The van der Waals surface area contributed by atoms with Crippen molar-refractivity contribution in [2.24, 2.45) is 0 Å². The highest BCUT2D eigenvalue weighted by Crippen LogP contribution is 2.31. The summed E-state index contributed by atoms with van der Waals surface area (Å²) in [5.74, 6) is 1.48. The number of hydrogen-bond donors (Lipinski definition) is 1. The third-order valence-electron chi connectivity index (χ3n) is 2.96. The molecule has 6 heteroatoms. The number of carbonyl (C=O) groups is 2. The van der Waals surface area contributed by atoms with E-state index in [0.29, 0.717) is 4.88 Å². The van der Waals surface area contributed by atoms with Crippen molar-refractivity contribution in [2.75, 3.05) is 5.75 Å². The molecule has 1 amide bonds. The summed E-state index contributed by atoms with van der Waals surface area (Å²) in [6.07, 6.45) is 1.03. The van der Waals surface area contributed by atoms with Gasteiger partial charge in [0.25, 0.3) is 5.91 Å². The summed E-state index contributed by atoms with van der Waals surface area (Å²) < 4.78 is 5.26. The van der Waals surface area contributed by atoms with Gasteiger partial charge in [-0.3, -0.25) is 4.79 Å². The molecule has 1 aromatic rings. The van der Waals surface area contributed by atoms with Crippen LogP contribution in [-0.2, 0) is 21.7 Å².